The minimum absolute atomic E-state index is 0.133. The number of ether oxygens (including phenoxy) is 2. The molecule has 0 radical (unpaired) electrons. The van der Waals surface area contributed by atoms with Crippen LogP contribution in [-0.4, -0.2) is 80.0 Å². The molecule has 0 saturated carbocycles. The summed E-state index contributed by atoms with van der Waals surface area (Å²) in [6, 6.07) is 14.4. The molecule has 0 atom stereocenters. The highest BCUT2D eigenvalue weighted by atomic mass is 35.5. The fraction of sp³-hybridized carbons (Fsp3) is 0.404. The first-order chi connectivity index (χ1) is 31.3. The first-order valence-electron chi connectivity index (χ1n) is 21.9. The summed E-state index contributed by atoms with van der Waals surface area (Å²) in [5.74, 6) is 2.31. The molecule has 346 valence electrons. The molecule has 2 N–H and O–H groups in total. The van der Waals surface area contributed by atoms with Crippen molar-refractivity contribution in [2.24, 2.45) is 14.1 Å². The molecular formula is C47H58Cl2N10O6. The number of rotatable bonds is 12. The molecule has 4 aromatic heterocycles. The third-order valence-electron chi connectivity index (χ3n) is 10.0. The topological polar surface area (TPSA) is 179 Å². The molecule has 0 amide bonds. The van der Waals surface area contributed by atoms with Gasteiger partial charge in [-0.05, 0) is 88.1 Å². The van der Waals surface area contributed by atoms with Crippen molar-refractivity contribution in [3.05, 3.63) is 91.7 Å². The predicted octanol–water partition coefficient (Wildman–Crippen LogP) is 9.03. The lowest BCUT2D eigenvalue weighted by Gasteiger charge is -2.17. The van der Waals surface area contributed by atoms with Crippen molar-refractivity contribution >= 4 is 91.5 Å². The van der Waals surface area contributed by atoms with Gasteiger partial charge < -0.3 is 39.0 Å². The molecule has 0 unspecified atom stereocenters. The number of benzene rings is 2. The number of carbonyl (C=O) groups excluding carboxylic acids is 2. The summed E-state index contributed by atoms with van der Waals surface area (Å²) in [6.07, 6.45) is 8.97. The van der Waals surface area contributed by atoms with Crippen molar-refractivity contribution < 1.29 is 19.1 Å². The van der Waals surface area contributed by atoms with Gasteiger partial charge in [0.25, 0.3) is 11.1 Å². The summed E-state index contributed by atoms with van der Waals surface area (Å²) in [7, 11) is 3.34. The van der Waals surface area contributed by atoms with Crippen LogP contribution in [0.1, 0.15) is 73.6 Å². The average molecular weight is 930 g/mol. The van der Waals surface area contributed by atoms with E-state index in [1.165, 1.54) is 29.4 Å². The van der Waals surface area contributed by atoms with Crippen molar-refractivity contribution in [3.8, 4) is 11.5 Å². The lowest BCUT2D eigenvalue weighted by atomic mass is 10.2. The molecular weight excluding hydrogens is 871 g/mol. The molecule has 0 bridgehead atoms. The quantitative estimate of drug-likeness (QED) is 0.119. The zero-order valence-corrected chi connectivity index (χ0v) is 39.8. The van der Waals surface area contributed by atoms with Crippen molar-refractivity contribution in [3.63, 3.8) is 0 Å². The van der Waals surface area contributed by atoms with E-state index < -0.39 is 0 Å². The summed E-state index contributed by atoms with van der Waals surface area (Å²) < 4.78 is 13.8. The van der Waals surface area contributed by atoms with Gasteiger partial charge >= 0.3 is 0 Å². The number of halogens is 2. The molecule has 6 aromatic rings. The number of nitrogens with one attached hydrogen (secondary N) is 2. The van der Waals surface area contributed by atoms with E-state index in [9.17, 15) is 19.2 Å². The van der Waals surface area contributed by atoms with Crippen LogP contribution in [0.2, 0.25) is 10.0 Å². The van der Waals surface area contributed by atoms with Gasteiger partial charge in [-0.1, -0.05) is 57.3 Å². The molecule has 2 aliphatic heterocycles. The van der Waals surface area contributed by atoms with E-state index in [1.807, 2.05) is 50.2 Å². The number of pyridine rings is 2. The van der Waals surface area contributed by atoms with E-state index in [4.69, 9.17) is 32.7 Å². The maximum atomic E-state index is 12.5. The Balaban J connectivity index is 0.000000222. The maximum Gasteiger partial charge on any atom is 0.293 e. The second-order valence-electron chi connectivity index (χ2n) is 15.4. The monoisotopic (exact) mass is 928 g/mol. The maximum absolute atomic E-state index is 12.5. The Kier molecular flexibility index (Phi) is 18.1. The van der Waals surface area contributed by atoms with Crippen molar-refractivity contribution in [2.75, 3.05) is 59.8 Å². The summed E-state index contributed by atoms with van der Waals surface area (Å²) >= 11 is 12.6. The Hall–Kier alpha value is -6.26. The normalized spacial score (nSPS) is 13.0. The summed E-state index contributed by atoms with van der Waals surface area (Å²) in [4.78, 5) is 69.5. The third kappa shape index (κ3) is 12.9. The number of carbonyl (C=O) groups is 2. The number of hydrogen-bond donors (Lipinski definition) is 2. The van der Waals surface area contributed by atoms with Crippen LogP contribution in [-0.2, 0) is 23.7 Å². The molecule has 18 heteroatoms. The zero-order chi connectivity index (χ0) is 47.2. The minimum Gasteiger partial charge on any atom is -0.480 e. The number of hydrogen-bond acceptors (Lipinski definition) is 14. The van der Waals surface area contributed by atoms with E-state index in [0.29, 0.717) is 33.6 Å². The molecule has 0 spiro atoms. The number of aromatic nitrogens is 6. The summed E-state index contributed by atoms with van der Waals surface area (Å²) in [5.41, 5.74) is 2.41. The smallest absolute Gasteiger partial charge is 0.293 e. The molecule has 6 heterocycles. The lowest BCUT2D eigenvalue weighted by molar-refractivity contribution is -0.119. The van der Waals surface area contributed by atoms with Crippen LogP contribution in [0.4, 0.5) is 34.9 Å². The average Bonchev–Trinajstić information content (AvgIpc) is 4.04. The van der Waals surface area contributed by atoms with Gasteiger partial charge in [0.2, 0.25) is 11.9 Å². The third-order valence-corrected chi connectivity index (χ3v) is 10.6. The highest BCUT2D eigenvalue weighted by molar-refractivity contribution is 6.33. The molecule has 2 saturated heterocycles. The zero-order valence-electron chi connectivity index (χ0n) is 38.3. The molecule has 0 aliphatic carbocycles. The Morgan fingerprint density at radius 2 is 0.985 bits per heavy atom. The van der Waals surface area contributed by atoms with E-state index in [1.54, 1.807) is 38.6 Å². The van der Waals surface area contributed by atoms with Crippen LogP contribution in [0, 0.1) is 0 Å². The largest absolute Gasteiger partial charge is 0.480 e. The van der Waals surface area contributed by atoms with Gasteiger partial charge in [0.1, 0.15) is 23.3 Å². The predicted molar refractivity (Wildman–Crippen MR) is 262 cm³/mol. The van der Waals surface area contributed by atoms with Gasteiger partial charge in [0.05, 0.1) is 23.4 Å². The number of aryl methyl sites for hydroxylation is 2. The molecule has 2 fully saturated rings. The van der Waals surface area contributed by atoms with Crippen molar-refractivity contribution in [1.82, 2.24) is 29.1 Å². The van der Waals surface area contributed by atoms with Gasteiger partial charge in [-0.3, -0.25) is 19.2 Å². The SMILES string of the molecule is CC.CC(=O)COc1cc2cc(Nc3nc(N4CCCC4)ncc3Cl)ccc2n(C)c1=O.CC(=O)COc1cc2cc(Nc3nc(N4CCCC4)ncc3Cl)ccc2n(C)c1=O.CCC. The highest BCUT2D eigenvalue weighted by Gasteiger charge is 2.19. The second kappa shape index (κ2) is 23.6. The lowest BCUT2D eigenvalue weighted by Crippen LogP contribution is -2.21. The highest BCUT2D eigenvalue weighted by Crippen LogP contribution is 2.30. The molecule has 8 rings (SSSR count). The van der Waals surface area contributed by atoms with Crippen molar-refractivity contribution in [1.29, 1.82) is 0 Å². The Labute approximate surface area is 388 Å². The van der Waals surface area contributed by atoms with Crippen molar-refractivity contribution in [2.45, 2.75) is 73.6 Å². The van der Waals surface area contributed by atoms with E-state index in [0.717, 1.165) is 85.0 Å². The summed E-state index contributed by atoms with van der Waals surface area (Å²) in [6.45, 7) is 14.5. The second-order valence-corrected chi connectivity index (χ2v) is 16.2. The molecule has 2 aromatic carbocycles. The van der Waals surface area contributed by atoms with E-state index in [2.05, 4.69) is 54.2 Å². The van der Waals surface area contributed by atoms with Crippen LogP contribution >= 0.6 is 23.2 Å². The van der Waals surface area contributed by atoms with Gasteiger partial charge in [0.15, 0.2) is 34.7 Å². The van der Waals surface area contributed by atoms with Gasteiger partial charge in [0, 0.05) is 62.4 Å². The fourth-order valence-corrected chi connectivity index (χ4v) is 7.21. The molecule has 65 heavy (non-hydrogen) atoms. The standard InChI is InChI=1S/2C21H22ClN5O3.C3H8.C2H6/c2*1-13(28)12-30-18-10-14-9-15(5-6-17(14)26(2)20(18)29)24-19-16(22)11-23-21(25-19)27-7-3-4-8-27;1-3-2;1-2/h2*5-6,9-11H,3-4,7-8,12H2,1-2H3,(H,23,24,25);3H2,1-2H3;1-2H3. The number of fused-ring (bicyclic) bond motifs is 2. The van der Waals surface area contributed by atoms with E-state index >= 15 is 0 Å². The number of ketones is 2. The molecule has 16 nitrogen and oxygen atoms in total. The van der Waals surface area contributed by atoms with Crippen LogP contribution in [0.5, 0.6) is 11.5 Å². The summed E-state index contributed by atoms with van der Waals surface area (Å²) in [5, 5.41) is 8.89. The Morgan fingerprint density at radius 3 is 1.32 bits per heavy atom. The Bertz CT molecular complexity index is 2550. The van der Waals surface area contributed by atoms with E-state index in [-0.39, 0.29) is 47.4 Å². The van der Waals surface area contributed by atoms with Gasteiger partial charge in [-0.2, -0.15) is 9.97 Å². The first kappa shape index (κ1) is 49.8. The van der Waals surface area contributed by atoms with Crippen LogP contribution in [0.15, 0.2) is 70.5 Å². The first-order valence-corrected chi connectivity index (χ1v) is 22.6. The minimum atomic E-state index is -0.293. The number of anilines is 6. The van der Waals surface area contributed by atoms with Gasteiger partial charge in [-0.25, -0.2) is 9.97 Å². The molecule has 2 aliphatic rings. The van der Waals surface area contributed by atoms with Crippen LogP contribution < -0.4 is 41.0 Å². The van der Waals surface area contributed by atoms with Crippen LogP contribution in [0.25, 0.3) is 21.8 Å². The van der Waals surface area contributed by atoms with Crippen LogP contribution in [0.3, 0.4) is 0 Å². The number of Topliss-reactive ketones (excluding diaryl/α,β-unsaturated/α-hetero) is 2. The van der Waals surface area contributed by atoms with Gasteiger partial charge in [-0.15, -0.1) is 0 Å². The number of nitrogens with zero attached hydrogens (tertiary/aromatic N) is 8. The Morgan fingerprint density at radius 1 is 0.631 bits per heavy atom. The fourth-order valence-electron chi connectivity index (χ4n) is 6.93.